The minimum atomic E-state index is 0.571. The van der Waals surface area contributed by atoms with Gasteiger partial charge in [0.25, 0.3) is 0 Å². The summed E-state index contributed by atoms with van der Waals surface area (Å²) in [6, 6.07) is 6.06. The van der Waals surface area contributed by atoms with Crippen molar-refractivity contribution in [3.63, 3.8) is 0 Å². The van der Waals surface area contributed by atoms with Crippen molar-refractivity contribution in [1.82, 2.24) is 29.8 Å². The van der Waals surface area contributed by atoms with Crippen molar-refractivity contribution in [2.24, 2.45) is 5.92 Å². The first-order valence-corrected chi connectivity index (χ1v) is 12.8. The Morgan fingerprint density at radius 3 is 2.68 bits per heavy atom. The molecule has 0 unspecified atom stereocenters. The van der Waals surface area contributed by atoms with Gasteiger partial charge in [-0.25, -0.2) is 9.97 Å². The second-order valence-electron chi connectivity index (χ2n) is 9.84. The fourth-order valence-corrected chi connectivity index (χ4v) is 4.67. The van der Waals surface area contributed by atoms with Gasteiger partial charge in [0.2, 0.25) is 0 Å². The Labute approximate surface area is 223 Å². The number of likely N-dealkylation sites (N-methyl/N-ethyl adjacent to an activating group) is 1. The predicted molar refractivity (Wildman–Crippen MR) is 154 cm³/mol. The van der Waals surface area contributed by atoms with E-state index in [9.17, 15) is 0 Å². The quantitative estimate of drug-likeness (QED) is 0.323. The number of allylic oxidation sites excluding steroid dienone is 1. The van der Waals surface area contributed by atoms with E-state index >= 15 is 0 Å². The van der Waals surface area contributed by atoms with Crippen LogP contribution in [0.3, 0.4) is 0 Å². The molecule has 1 aliphatic heterocycles. The monoisotopic (exact) mass is 507 g/mol. The topological polar surface area (TPSA) is 112 Å². The highest BCUT2D eigenvalue weighted by atomic mass is 15.3. The van der Waals surface area contributed by atoms with E-state index in [0.717, 1.165) is 77.1 Å². The zero-order valence-electron chi connectivity index (χ0n) is 21.7. The maximum absolute atomic E-state index is 6.34. The molecule has 2 aliphatic rings. The molecule has 1 saturated carbocycles. The highest BCUT2D eigenvalue weighted by molar-refractivity contribution is 5.86. The minimum Gasteiger partial charge on any atom is -0.397 e. The summed E-state index contributed by atoms with van der Waals surface area (Å²) in [6.45, 7) is 8.08. The molecule has 4 aromatic heterocycles. The van der Waals surface area contributed by atoms with E-state index in [2.05, 4.69) is 67.6 Å². The molecule has 4 N–H and O–H groups in total. The van der Waals surface area contributed by atoms with Gasteiger partial charge in [-0.15, -0.1) is 12.8 Å². The van der Waals surface area contributed by atoms with E-state index in [-0.39, 0.29) is 0 Å². The number of hydrogen-bond acceptors (Lipinski definition) is 8. The first kappa shape index (κ1) is 25.2. The van der Waals surface area contributed by atoms with Gasteiger partial charge < -0.3 is 25.8 Å². The number of nitrogens with zero attached hydrogens (tertiary/aromatic N) is 6. The smallest absolute Gasteiger partial charge is 0.156 e. The number of rotatable bonds is 7. The van der Waals surface area contributed by atoms with Crippen LogP contribution < -0.4 is 16.0 Å². The molecule has 0 aromatic carbocycles. The number of pyridine rings is 3. The van der Waals surface area contributed by atoms with Crippen molar-refractivity contribution < 1.29 is 0 Å². The number of piperazine rings is 1. The Balaban J connectivity index is 0.00000144. The Morgan fingerprint density at radius 1 is 1.13 bits per heavy atom. The van der Waals surface area contributed by atoms with Crippen LogP contribution in [0.2, 0.25) is 0 Å². The molecule has 4 aromatic rings. The number of nitrogens with one attached hydrogen (secondary N) is 2. The summed E-state index contributed by atoms with van der Waals surface area (Å²) in [5.74, 6) is 2.37. The average molecular weight is 508 g/mol. The molecule has 2 fully saturated rings. The van der Waals surface area contributed by atoms with Crippen molar-refractivity contribution in [3.8, 4) is 24.1 Å². The molecule has 0 amide bonds. The van der Waals surface area contributed by atoms with Gasteiger partial charge in [-0.3, -0.25) is 9.97 Å². The summed E-state index contributed by atoms with van der Waals surface area (Å²) in [5.41, 5.74) is 13.6. The van der Waals surface area contributed by atoms with Gasteiger partial charge in [0.1, 0.15) is 11.3 Å². The number of H-pyrrole nitrogens is 1. The second kappa shape index (κ2) is 10.9. The van der Waals surface area contributed by atoms with E-state index in [1.54, 1.807) is 6.20 Å². The van der Waals surface area contributed by atoms with Crippen molar-refractivity contribution in [2.45, 2.75) is 19.3 Å². The number of aromatic amines is 1. The fraction of sp³-hybridized carbons (Fsp3) is 0.310. The lowest BCUT2D eigenvalue weighted by Crippen LogP contribution is -2.44. The molecule has 5 heterocycles. The largest absolute Gasteiger partial charge is 0.397 e. The van der Waals surface area contributed by atoms with Gasteiger partial charge in [0, 0.05) is 56.3 Å². The number of imidazole rings is 1. The van der Waals surface area contributed by atoms with Gasteiger partial charge in [-0.05, 0) is 49.6 Å². The maximum Gasteiger partial charge on any atom is 0.156 e. The van der Waals surface area contributed by atoms with Gasteiger partial charge in [0.15, 0.2) is 5.82 Å². The van der Waals surface area contributed by atoms with Gasteiger partial charge >= 0.3 is 0 Å². The van der Waals surface area contributed by atoms with Crippen LogP contribution in [-0.2, 0) is 6.42 Å². The van der Waals surface area contributed by atoms with Crippen LogP contribution in [-0.4, -0.2) is 63.0 Å². The molecule has 9 heteroatoms. The molecular formula is C29H33N9. The summed E-state index contributed by atoms with van der Waals surface area (Å²) in [6.07, 6.45) is 18.2. The summed E-state index contributed by atoms with van der Waals surface area (Å²) in [7, 11) is 2.15. The van der Waals surface area contributed by atoms with E-state index in [0.29, 0.717) is 18.0 Å². The van der Waals surface area contributed by atoms with Gasteiger partial charge in [-0.2, -0.15) is 0 Å². The summed E-state index contributed by atoms with van der Waals surface area (Å²) >= 11 is 0. The fourth-order valence-electron chi connectivity index (χ4n) is 4.67. The molecule has 194 valence electrons. The van der Waals surface area contributed by atoms with Crippen LogP contribution in [0.15, 0.2) is 55.3 Å². The summed E-state index contributed by atoms with van der Waals surface area (Å²) in [5, 5.41) is 3.39. The zero-order valence-corrected chi connectivity index (χ0v) is 21.7. The lowest BCUT2D eigenvalue weighted by molar-refractivity contribution is 0.312. The van der Waals surface area contributed by atoms with E-state index in [1.165, 1.54) is 12.8 Å². The number of terminal acetylenes is 1. The predicted octanol–water partition coefficient (Wildman–Crippen LogP) is 3.92. The molecule has 1 aliphatic carbocycles. The van der Waals surface area contributed by atoms with Crippen molar-refractivity contribution in [2.75, 3.05) is 49.2 Å². The zero-order chi connectivity index (χ0) is 26.6. The first-order chi connectivity index (χ1) is 18.5. The molecule has 9 nitrogen and oxygen atoms in total. The van der Waals surface area contributed by atoms with Gasteiger partial charge in [-0.1, -0.05) is 6.58 Å². The number of hydrogen-bond donors (Lipinski definition) is 3. The van der Waals surface area contributed by atoms with Crippen LogP contribution >= 0.6 is 0 Å². The average Bonchev–Trinajstić information content (AvgIpc) is 3.71. The van der Waals surface area contributed by atoms with E-state index < -0.39 is 0 Å². The Hall–Kier alpha value is -4.42. The normalized spacial score (nSPS) is 15.6. The highest BCUT2D eigenvalue weighted by Crippen LogP contribution is 2.36. The van der Waals surface area contributed by atoms with Crippen LogP contribution in [0.5, 0.6) is 0 Å². The Kier molecular flexibility index (Phi) is 7.24. The van der Waals surface area contributed by atoms with Crippen LogP contribution in [0, 0.1) is 18.8 Å². The highest BCUT2D eigenvalue weighted by Gasteiger charge is 2.24. The third kappa shape index (κ3) is 5.45. The number of nitrogens with two attached hydrogens (primary N) is 1. The van der Waals surface area contributed by atoms with Crippen molar-refractivity contribution in [3.05, 3.63) is 66.7 Å². The molecule has 0 atom stereocenters. The Bertz CT molecular complexity index is 1460. The third-order valence-electron chi connectivity index (χ3n) is 7.02. The molecular weight excluding hydrogens is 474 g/mol. The Morgan fingerprint density at radius 2 is 1.92 bits per heavy atom. The molecule has 6 rings (SSSR count). The standard InChI is InChI=1S/C27H31N9.C2H2/c1-17(18-3-4-18)32-21-11-20(14-29-15-21)24-12-19(22(28)16-31-24)13-25-33-23-5-6-30-27(26(23)34-25)36-9-7-35(2)8-10-36;1-2/h5-6,11-12,14-16,18,32H,1,3-4,7-10,13,28H2,2H3,(H,33,34);1-2H. The first-order valence-electron chi connectivity index (χ1n) is 12.8. The van der Waals surface area contributed by atoms with Crippen molar-refractivity contribution in [1.29, 1.82) is 0 Å². The molecule has 38 heavy (non-hydrogen) atoms. The van der Waals surface area contributed by atoms with Gasteiger partial charge in [0.05, 0.1) is 35.0 Å². The number of anilines is 3. The number of nitrogen functional groups attached to an aromatic ring is 1. The molecule has 0 radical (unpaired) electrons. The van der Waals surface area contributed by atoms with Crippen LogP contribution in [0.25, 0.3) is 22.3 Å². The molecule has 0 spiro atoms. The molecule has 0 bridgehead atoms. The maximum atomic E-state index is 6.34. The second-order valence-corrected chi connectivity index (χ2v) is 9.84. The summed E-state index contributed by atoms with van der Waals surface area (Å²) in [4.78, 5) is 26.7. The molecule has 1 saturated heterocycles. The van der Waals surface area contributed by atoms with Crippen LogP contribution in [0.4, 0.5) is 17.2 Å². The van der Waals surface area contributed by atoms with Crippen LogP contribution in [0.1, 0.15) is 24.2 Å². The van der Waals surface area contributed by atoms with E-state index in [1.807, 2.05) is 30.7 Å². The third-order valence-corrected chi connectivity index (χ3v) is 7.02. The summed E-state index contributed by atoms with van der Waals surface area (Å²) < 4.78 is 0. The van der Waals surface area contributed by atoms with E-state index in [4.69, 9.17) is 10.7 Å². The SMILES string of the molecule is C#C.C=C(Nc1cncc(-c2cc(Cc3nc4c(N5CCN(C)CC5)nccc4[nH]3)c(N)cn2)c1)C1CC1. The number of aromatic nitrogens is 5. The number of fused-ring (bicyclic) bond motifs is 1. The minimum absolute atomic E-state index is 0.571. The lowest BCUT2D eigenvalue weighted by Gasteiger charge is -2.33. The lowest BCUT2D eigenvalue weighted by atomic mass is 10.1. The van der Waals surface area contributed by atoms with Crippen molar-refractivity contribution >= 4 is 28.2 Å².